The van der Waals surface area contributed by atoms with E-state index in [0.29, 0.717) is 6.54 Å². The van der Waals surface area contributed by atoms with Crippen LogP contribution in [0.1, 0.15) is 18.4 Å². The summed E-state index contributed by atoms with van der Waals surface area (Å²) in [6, 6.07) is 9.93. The van der Waals surface area contributed by atoms with E-state index >= 15 is 0 Å². The van der Waals surface area contributed by atoms with Crippen molar-refractivity contribution >= 4 is 11.7 Å². The molecular weight excluding hydrogens is 340 g/mol. The van der Waals surface area contributed by atoms with Crippen LogP contribution in [0.25, 0.3) is 5.69 Å². The Kier molecular flexibility index (Phi) is 5.09. The van der Waals surface area contributed by atoms with Gasteiger partial charge in [-0.05, 0) is 25.0 Å². The molecule has 1 fully saturated rings. The second-order valence-electron chi connectivity index (χ2n) is 6.67. The Morgan fingerprint density at radius 2 is 1.93 bits per heavy atom. The molecule has 1 N–H and O–H groups in total. The lowest BCUT2D eigenvalue weighted by Crippen LogP contribution is -2.40. The van der Waals surface area contributed by atoms with Gasteiger partial charge in [0, 0.05) is 49.7 Å². The Labute approximate surface area is 158 Å². The third kappa shape index (κ3) is 4.13. The fourth-order valence-corrected chi connectivity index (χ4v) is 3.33. The van der Waals surface area contributed by atoms with Gasteiger partial charge in [-0.2, -0.15) is 5.10 Å². The number of aromatic nitrogens is 4. The van der Waals surface area contributed by atoms with Gasteiger partial charge in [-0.3, -0.25) is 9.78 Å². The van der Waals surface area contributed by atoms with Gasteiger partial charge in [-0.15, -0.1) is 0 Å². The normalized spacial score (nSPS) is 14.9. The van der Waals surface area contributed by atoms with Crippen LogP contribution in [0.4, 0.5) is 5.82 Å². The monoisotopic (exact) mass is 362 g/mol. The number of carbonyl (C=O) groups is 1. The molecule has 0 radical (unpaired) electrons. The summed E-state index contributed by atoms with van der Waals surface area (Å²) in [5.41, 5.74) is 2.00. The molecule has 0 spiro atoms. The average molecular weight is 362 g/mol. The van der Waals surface area contributed by atoms with Gasteiger partial charge in [-0.25, -0.2) is 9.67 Å². The van der Waals surface area contributed by atoms with E-state index in [-0.39, 0.29) is 11.8 Å². The Hall–Kier alpha value is -3.22. The zero-order valence-electron chi connectivity index (χ0n) is 15.0. The van der Waals surface area contributed by atoms with Crippen molar-refractivity contribution in [2.24, 2.45) is 5.92 Å². The molecule has 1 aliphatic rings. The first-order valence-electron chi connectivity index (χ1n) is 9.17. The predicted octanol–water partition coefficient (Wildman–Crippen LogP) is 2.20. The highest BCUT2D eigenvalue weighted by Gasteiger charge is 2.25. The first-order chi connectivity index (χ1) is 13.3. The van der Waals surface area contributed by atoms with Crippen LogP contribution in [0.5, 0.6) is 0 Å². The lowest BCUT2D eigenvalue weighted by Gasteiger charge is -2.31. The molecule has 1 saturated heterocycles. The molecule has 7 nitrogen and oxygen atoms in total. The zero-order chi connectivity index (χ0) is 18.5. The Bertz CT molecular complexity index is 872. The van der Waals surface area contributed by atoms with Crippen LogP contribution in [0.3, 0.4) is 0 Å². The number of piperidine rings is 1. The van der Waals surface area contributed by atoms with Crippen LogP contribution in [-0.4, -0.2) is 38.7 Å². The summed E-state index contributed by atoms with van der Waals surface area (Å²) in [6.07, 6.45) is 10.5. The van der Waals surface area contributed by atoms with E-state index in [9.17, 15) is 4.79 Å². The third-order valence-electron chi connectivity index (χ3n) is 4.86. The number of rotatable bonds is 5. The lowest BCUT2D eigenvalue weighted by molar-refractivity contribution is -0.125. The van der Waals surface area contributed by atoms with Gasteiger partial charge in [0.15, 0.2) is 0 Å². The molecule has 3 aromatic rings. The van der Waals surface area contributed by atoms with Crippen LogP contribution in [0.15, 0.2) is 61.3 Å². The number of nitrogens with one attached hydrogen (secondary N) is 1. The molecule has 3 heterocycles. The van der Waals surface area contributed by atoms with E-state index in [4.69, 9.17) is 0 Å². The minimum absolute atomic E-state index is 0.0436. The Morgan fingerprint density at radius 1 is 1.11 bits per heavy atom. The second-order valence-corrected chi connectivity index (χ2v) is 6.67. The van der Waals surface area contributed by atoms with Crippen LogP contribution in [0, 0.1) is 5.92 Å². The Morgan fingerprint density at radius 3 is 2.67 bits per heavy atom. The van der Waals surface area contributed by atoms with Gasteiger partial charge < -0.3 is 10.2 Å². The Balaban J connectivity index is 1.27. The van der Waals surface area contributed by atoms with Crippen molar-refractivity contribution in [3.63, 3.8) is 0 Å². The topological polar surface area (TPSA) is 75.9 Å². The second kappa shape index (κ2) is 7.99. The summed E-state index contributed by atoms with van der Waals surface area (Å²) in [4.78, 5) is 23.1. The van der Waals surface area contributed by atoms with Crippen molar-refractivity contribution in [3.05, 3.63) is 66.9 Å². The van der Waals surface area contributed by atoms with Crippen molar-refractivity contribution in [2.45, 2.75) is 19.4 Å². The summed E-state index contributed by atoms with van der Waals surface area (Å²) in [6.45, 7) is 2.14. The number of carbonyl (C=O) groups excluding carboxylic acids is 1. The molecule has 0 aliphatic carbocycles. The molecule has 0 bridgehead atoms. The zero-order valence-corrected chi connectivity index (χ0v) is 15.0. The first-order valence-corrected chi connectivity index (χ1v) is 9.17. The van der Waals surface area contributed by atoms with Crippen molar-refractivity contribution in [3.8, 4) is 5.69 Å². The molecule has 1 aliphatic heterocycles. The SMILES string of the molecule is O=C(NCc1cnn(-c2ccccc2)c1)C1CCN(c2cnccn2)CC1. The van der Waals surface area contributed by atoms with E-state index in [1.807, 2.05) is 41.2 Å². The highest BCUT2D eigenvalue weighted by atomic mass is 16.1. The van der Waals surface area contributed by atoms with Crippen molar-refractivity contribution in [1.82, 2.24) is 25.1 Å². The van der Waals surface area contributed by atoms with E-state index in [1.54, 1.807) is 24.8 Å². The van der Waals surface area contributed by atoms with Crippen LogP contribution < -0.4 is 10.2 Å². The summed E-state index contributed by atoms with van der Waals surface area (Å²) in [7, 11) is 0. The van der Waals surface area contributed by atoms with Gasteiger partial charge in [0.25, 0.3) is 0 Å². The molecule has 27 heavy (non-hydrogen) atoms. The van der Waals surface area contributed by atoms with E-state index in [1.165, 1.54) is 0 Å². The number of anilines is 1. The van der Waals surface area contributed by atoms with E-state index < -0.39 is 0 Å². The fourth-order valence-electron chi connectivity index (χ4n) is 3.33. The smallest absolute Gasteiger partial charge is 0.223 e. The number of hydrogen-bond acceptors (Lipinski definition) is 5. The maximum absolute atomic E-state index is 12.5. The van der Waals surface area contributed by atoms with Crippen molar-refractivity contribution in [1.29, 1.82) is 0 Å². The standard InChI is InChI=1S/C20H22N6O/c27-20(17-6-10-25(11-7-17)19-14-21-8-9-22-19)23-12-16-13-24-26(15-16)18-4-2-1-3-5-18/h1-5,8-9,13-15,17H,6-7,10-12H2,(H,23,27). The van der Waals surface area contributed by atoms with Crippen molar-refractivity contribution < 1.29 is 4.79 Å². The number of nitrogens with zero attached hydrogens (tertiary/aromatic N) is 5. The molecule has 1 amide bonds. The molecule has 138 valence electrons. The molecule has 7 heteroatoms. The third-order valence-corrected chi connectivity index (χ3v) is 4.86. The lowest BCUT2D eigenvalue weighted by atomic mass is 9.96. The summed E-state index contributed by atoms with van der Waals surface area (Å²) in [5.74, 6) is 1.04. The number of hydrogen-bond donors (Lipinski definition) is 1. The van der Waals surface area contributed by atoms with Crippen LogP contribution in [0.2, 0.25) is 0 Å². The molecular formula is C20H22N6O. The molecule has 4 rings (SSSR count). The molecule has 0 unspecified atom stereocenters. The summed E-state index contributed by atoms with van der Waals surface area (Å²) in [5, 5.41) is 7.42. The van der Waals surface area contributed by atoms with Gasteiger partial charge in [0.1, 0.15) is 5.82 Å². The summed E-state index contributed by atoms with van der Waals surface area (Å²) < 4.78 is 1.82. The number of benzene rings is 1. The number of amides is 1. The molecule has 0 atom stereocenters. The molecule has 0 saturated carbocycles. The first kappa shape index (κ1) is 17.2. The van der Waals surface area contributed by atoms with Gasteiger partial charge in [-0.1, -0.05) is 18.2 Å². The maximum Gasteiger partial charge on any atom is 0.223 e. The van der Waals surface area contributed by atoms with Crippen molar-refractivity contribution in [2.75, 3.05) is 18.0 Å². The van der Waals surface area contributed by atoms with E-state index in [2.05, 4.69) is 25.3 Å². The maximum atomic E-state index is 12.5. The summed E-state index contributed by atoms with van der Waals surface area (Å²) >= 11 is 0. The van der Waals surface area contributed by atoms with Crippen LogP contribution in [-0.2, 0) is 11.3 Å². The molecule has 1 aromatic carbocycles. The van der Waals surface area contributed by atoms with E-state index in [0.717, 1.165) is 43.0 Å². The minimum atomic E-state index is 0.0436. The minimum Gasteiger partial charge on any atom is -0.355 e. The fraction of sp³-hybridized carbons (Fsp3) is 0.300. The average Bonchev–Trinajstić information content (AvgIpc) is 3.22. The quantitative estimate of drug-likeness (QED) is 0.753. The number of para-hydroxylation sites is 1. The van der Waals surface area contributed by atoms with Gasteiger partial charge in [0.05, 0.1) is 18.1 Å². The molecule has 2 aromatic heterocycles. The largest absolute Gasteiger partial charge is 0.355 e. The van der Waals surface area contributed by atoms with Crippen LogP contribution >= 0.6 is 0 Å². The predicted molar refractivity (Wildman–Crippen MR) is 102 cm³/mol. The highest BCUT2D eigenvalue weighted by molar-refractivity contribution is 5.78. The highest BCUT2D eigenvalue weighted by Crippen LogP contribution is 2.21. The van der Waals surface area contributed by atoms with Gasteiger partial charge in [0.2, 0.25) is 5.91 Å². The van der Waals surface area contributed by atoms with Gasteiger partial charge >= 0.3 is 0 Å².